The first-order valence-electron chi connectivity index (χ1n) is 3.83. The van der Waals surface area contributed by atoms with Gasteiger partial charge in [0.15, 0.2) is 0 Å². The molecule has 1 fully saturated rings. The van der Waals surface area contributed by atoms with Crippen LogP contribution in [0, 0.1) is 5.41 Å². The quantitative estimate of drug-likeness (QED) is 0.629. The highest BCUT2D eigenvalue weighted by atomic mass is 16.5. The van der Waals surface area contributed by atoms with E-state index in [-0.39, 0.29) is 11.0 Å². The van der Waals surface area contributed by atoms with E-state index in [9.17, 15) is 0 Å². The van der Waals surface area contributed by atoms with Gasteiger partial charge in [0.05, 0.1) is 5.60 Å². The van der Waals surface area contributed by atoms with Crippen molar-refractivity contribution in [2.45, 2.75) is 32.3 Å². The summed E-state index contributed by atoms with van der Waals surface area (Å²) in [7, 11) is 1.76. The number of rotatable bonds is 2. The van der Waals surface area contributed by atoms with E-state index in [1.54, 1.807) is 7.11 Å². The van der Waals surface area contributed by atoms with Gasteiger partial charge in [0.1, 0.15) is 0 Å². The highest BCUT2D eigenvalue weighted by molar-refractivity contribution is 5.04. The van der Waals surface area contributed by atoms with E-state index < -0.39 is 0 Å². The van der Waals surface area contributed by atoms with Crippen LogP contribution in [0.1, 0.15) is 26.7 Å². The van der Waals surface area contributed by atoms with Crippen LogP contribution in [0.25, 0.3) is 0 Å². The minimum atomic E-state index is -0.0208. The third kappa shape index (κ3) is 0.789. The Morgan fingerprint density at radius 1 is 1.40 bits per heavy atom. The molecule has 1 unspecified atom stereocenters. The summed E-state index contributed by atoms with van der Waals surface area (Å²) in [5, 5.41) is 0. The summed E-state index contributed by atoms with van der Waals surface area (Å²) >= 11 is 0. The van der Waals surface area contributed by atoms with Gasteiger partial charge in [-0.1, -0.05) is 13.8 Å². The molecule has 0 radical (unpaired) electrons. The first-order chi connectivity index (χ1) is 4.58. The number of hydrogen-bond acceptors (Lipinski definition) is 2. The Kier molecular flexibility index (Phi) is 1.77. The van der Waals surface area contributed by atoms with Gasteiger partial charge in [-0.3, -0.25) is 0 Å². The monoisotopic (exact) mass is 143 g/mol. The Labute approximate surface area is 62.7 Å². The Bertz CT molecular complexity index is 122. The molecule has 1 atom stereocenters. The summed E-state index contributed by atoms with van der Waals surface area (Å²) in [5.74, 6) is 0. The number of nitrogens with two attached hydrogens (primary N) is 1. The molecule has 0 amide bonds. The zero-order valence-electron chi connectivity index (χ0n) is 7.11. The molecule has 2 nitrogen and oxygen atoms in total. The maximum atomic E-state index is 5.63. The predicted octanol–water partition coefficient (Wildman–Crippen LogP) is 1.15. The van der Waals surface area contributed by atoms with Crippen molar-refractivity contribution in [3.8, 4) is 0 Å². The average Bonchev–Trinajstić information content (AvgIpc) is 1.89. The van der Waals surface area contributed by atoms with Crippen LogP contribution in [-0.2, 0) is 4.74 Å². The van der Waals surface area contributed by atoms with Crippen LogP contribution < -0.4 is 5.73 Å². The van der Waals surface area contributed by atoms with Crippen molar-refractivity contribution in [1.82, 2.24) is 0 Å². The summed E-state index contributed by atoms with van der Waals surface area (Å²) < 4.78 is 5.41. The van der Waals surface area contributed by atoms with Gasteiger partial charge in [0.25, 0.3) is 0 Å². The lowest BCUT2D eigenvalue weighted by Crippen LogP contribution is -2.59. The molecular formula is C8H17NO. The van der Waals surface area contributed by atoms with Crippen LogP contribution >= 0.6 is 0 Å². The Hall–Kier alpha value is -0.0800. The molecule has 1 rings (SSSR count). The highest BCUT2D eigenvalue weighted by Crippen LogP contribution is 2.50. The Balaban J connectivity index is 2.67. The predicted molar refractivity (Wildman–Crippen MR) is 41.8 cm³/mol. The first kappa shape index (κ1) is 8.02. The molecule has 0 spiro atoms. The lowest BCUT2D eigenvalue weighted by Gasteiger charge is -2.54. The van der Waals surface area contributed by atoms with Crippen molar-refractivity contribution in [3.05, 3.63) is 0 Å². The van der Waals surface area contributed by atoms with Crippen molar-refractivity contribution in [2.24, 2.45) is 11.1 Å². The standard InChI is InChI=1S/C8H17NO/c1-7(2)4-5-8(7,6-9)10-3/h4-6,9H2,1-3H3. The van der Waals surface area contributed by atoms with Crippen molar-refractivity contribution in [1.29, 1.82) is 0 Å². The van der Waals surface area contributed by atoms with Crippen LogP contribution in [0.5, 0.6) is 0 Å². The fraction of sp³-hybridized carbons (Fsp3) is 1.00. The second-order valence-corrected chi connectivity index (χ2v) is 3.79. The third-order valence-electron chi connectivity index (χ3n) is 3.11. The normalized spacial score (nSPS) is 37.2. The fourth-order valence-electron chi connectivity index (χ4n) is 1.74. The lowest BCUT2D eigenvalue weighted by atomic mass is 9.59. The summed E-state index contributed by atoms with van der Waals surface area (Å²) in [4.78, 5) is 0. The highest BCUT2D eigenvalue weighted by Gasteiger charge is 2.52. The van der Waals surface area contributed by atoms with Gasteiger partial charge in [0.2, 0.25) is 0 Å². The van der Waals surface area contributed by atoms with Gasteiger partial charge in [0, 0.05) is 13.7 Å². The first-order valence-corrected chi connectivity index (χ1v) is 3.83. The van der Waals surface area contributed by atoms with E-state index in [2.05, 4.69) is 13.8 Å². The van der Waals surface area contributed by atoms with Crippen LogP contribution in [0.3, 0.4) is 0 Å². The number of hydrogen-bond donors (Lipinski definition) is 1. The van der Waals surface area contributed by atoms with E-state index in [1.165, 1.54) is 6.42 Å². The molecule has 0 aromatic heterocycles. The summed E-state index contributed by atoms with van der Waals surface area (Å²) in [6.07, 6.45) is 2.35. The molecule has 1 aliphatic rings. The molecule has 0 saturated heterocycles. The van der Waals surface area contributed by atoms with E-state index in [4.69, 9.17) is 10.5 Å². The van der Waals surface area contributed by atoms with Gasteiger partial charge in [-0.25, -0.2) is 0 Å². The molecule has 0 aromatic carbocycles. The number of methoxy groups -OCH3 is 1. The van der Waals surface area contributed by atoms with E-state index in [1.807, 2.05) is 0 Å². The second kappa shape index (κ2) is 2.21. The Morgan fingerprint density at radius 3 is 2.00 bits per heavy atom. The van der Waals surface area contributed by atoms with Crippen molar-refractivity contribution >= 4 is 0 Å². The van der Waals surface area contributed by atoms with Gasteiger partial charge < -0.3 is 10.5 Å². The molecule has 2 N–H and O–H groups in total. The van der Waals surface area contributed by atoms with Crippen LogP contribution in [-0.4, -0.2) is 19.3 Å². The van der Waals surface area contributed by atoms with Crippen LogP contribution in [0.15, 0.2) is 0 Å². The minimum absolute atomic E-state index is 0.0208. The molecule has 0 aromatic rings. The fourth-order valence-corrected chi connectivity index (χ4v) is 1.74. The van der Waals surface area contributed by atoms with Gasteiger partial charge in [-0.2, -0.15) is 0 Å². The largest absolute Gasteiger partial charge is 0.376 e. The molecule has 0 heterocycles. The maximum Gasteiger partial charge on any atom is 0.0851 e. The average molecular weight is 143 g/mol. The van der Waals surface area contributed by atoms with Crippen molar-refractivity contribution in [2.75, 3.05) is 13.7 Å². The van der Waals surface area contributed by atoms with E-state index >= 15 is 0 Å². The third-order valence-corrected chi connectivity index (χ3v) is 3.11. The SMILES string of the molecule is COC1(CN)CCC1(C)C. The molecule has 0 bridgehead atoms. The molecule has 1 aliphatic carbocycles. The second-order valence-electron chi connectivity index (χ2n) is 3.79. The summed E-state index contributed by atoms with van der Waals surface area (Å²) in [6, 6.07) is 0. The number of ether oxygens (including phenoxy) is 1. The maximum absolute atomic E-state index is 5.63. The Morgan fingerprint density at radius 2 is 2.00 bits per heavy atom. The zero-order valence-corrected chi connectivity index (χ0v) is 7.11. The summed E-state index contributed by atoms with van der Waals surface area (Å²) in [5.41, 5.74) is 5.90. The van der Waals surface area contributed by atoms with Gasteiger partial charge in [-0.05, 0) is 18.3 Å². The molecular weight excluding hydrogens is 126 g/mol. The van der Waals surface area contributed by atoms with E-state index in [0.717, 1.165) is 6.42 Å². The van der Waals surface area contributed by atoms with Gasteiger partial charge >= 0.3 is 0 Å². The van der Waals surface area contributed by atoms with E-state index in [0.29, 0.717) is 6.54 Å². The minimum Gasteiger partial charge on any atom is -0.376 e. The molecule has 2 heteroatoms. The molecule has 60 valence electrons. The topological polar surface area (TPSA) is 35.2 Å². The van der Waals surface area contributed by atoms with Crippen LogP contribution in [0.2, 0.25) is 0 Å². The van der Waals surface area contributed by atoms with Gasteiger partial charge in [-0.15, -0.1) is 0 Å². The lowest BCUT2D eigenvalue weighted by molar-refractivity contribution is -0.164. The smallest absolute Gasteiger partial charge is 0.0851 e. The molecule has 1 saturated carbocycles. The zero-order chi connectivity index (χ0) is 7.83. The van der Waals surface area contributed by atoms with Crippen molar-refractivity contribution in [3.63, 3.8) is 0 Å². The van der Waals surface area contributed by atoms with Crippen LogP contribution in [0.4, 0.5) is 0 Å². The molecule has 0 aliphatic heterocycles. The molecule has 10 heavy (non-hydrogen) atoms. The van der Waals surface area contributed by atoms with Crippen molar-refractivity contribution < 1.29 is 4.74 Å². The summed E-state index contributed by atoms with van der Waals surface area (Å²) in [6.45, 7) is 5.08.